The summed E-state index contributed by atoms with van der Waals surface area (Å²) in [7, 11) is 0. The van der Waals surface area contributed by atoms with Crippen molar-refractivity contribution in [3.05, 3.63) is 53.6 Å². The van der Waals surface area contributed by atoms with Crippen LogP contribution in [0, 0.1) is 11.6 Å². The van der Waals surface area contributed by atoms with Gasteiger partial charge in [0.1, 0.15) is 5.82 Å². The van der Waals surface area contributed by atoms with Gasteiger partial charge in [-0.25, -0.2) is 8.78 Å². The Hall–Kier alpha value is -1.46. The Balaban J connectivity index is 0.00000180. The van der Waals surface area contributed by atoms with Gasteiger partial charge in [-0.2, -0.15) is 0 Å². The molecule has 0 unspecified atom stereocenters. The molecule has 0 heterocycles. The summed E-state index contributed by atoms with van der Waals surface area (Å²) >= 11 is 0. The zero-order chi connectivity index (χ0) is 13.3. The first-order valence-electron chi connectivity index (χ1n) is 5.53. The first-order chi connectivity index (χ1) is 8.50. The van der Waals surface area contributed by atoms with E-state index >= 15 is 0 Å². The molecule has 0 aliphatic carbocycles. The molecule has 0 spiro atoms. The molecule has 0 fully saturated rings. The molecule has 0 radical (unpaired) electrons. The second-order valence-corrected chi connectivity index (χ2v) is 4.16. The third-order valence-electron chi connectivity index (χ3n) is 2.79. The quantitative estimate of drug-likeness (QED) is 0.876. The first kappa shape index (κ1) is 15.6. The Bertz CT molecular complexity index is 588. The summed E-state index contributed by atoms with van der Waals surface area (Å²) < 4.78 is 27.0. The van der Waals surface area contributed by atoms with E-state index in [1.54, 1.807) is 19.1 Å². The Morgan fingerprint density at radius 3 is 2.37 bits per heavy atom. The fraction of sp³-hybridized carbons (Fsp3) is 0.143. The molecular weight excluding hydrogens is 316 g/mol. The smallest absolute Gasteiger partial charge is 0.165 e. The third-order valence-corrected chi connectivity index (χ3v) is 2.79. The molecule has 2 rings (SSSR count). The van der Waals surface area contributed by atoms with Crippen molar-refractivity contribution in [3.63, 3.8) is 0 Å². The molecule has 0 saturated heterocycles. The van der Waals surface area contributed by atoms with Crippen LogP contribution < -0.4 is 5.73 Å². The third kappa shape index (κ3) is 3.11. The van der Waals surface area contributed by atoms with Crippen LogP contribution in [0.4, 0.5) is 8.78 Å². The van der Waals surface area contributed by atoms with Crippen LogP contribution >= 0.6 is 17.0 Å². The van der Waals surface area contributed by atoms with Gasteiger partial charge in [0.05, 0.1) is 0 Å². The van der Waals surface area contributed by atoms with Gasteiger partial charge < -0.3 is 10.8 Å². The van der Waals surface area contributed by atoms with Crippen LogP contribution in [0.2, 0.25) is 0 Å². The molecule has 3 N–H and O–H groups in total. The van der Waals surface area contributed by atoms with Crippen LogP contribution in [0.1, 0.15) is 18.5 Å². The molecule has 0 bridgehead atoms. The average molecular weight is 330 g/mol. The van der Waals surface area contributed by atoms with Gasteiger partial charge in [0.2, 0.25) is 0 Å². The van der Waals surface area contributed by atoms with E-state index in [0.717, 1.165) is 6.07 Å². The van der Waals surface area contributed by atoms with Gasteiger partial charge in [-0.1, -0.05) is 24.3 Å². The van der Waals surface area contributed by atoms with Crippen LogP contribution in [0.3, 0.4) is 0 Å². The van der Waals surface area contributed by atoms with E-state index < -0.39 is 23.4 Å². The number of phenols is 1. The molecule has 2 aromatic carbocycles. The number of aromatic hydroxyl groups is 1. The summed E-state index contributed by atoms with van der Waals surface area (Å²) in [5, 5.41) is 9.60. The van der Waals surface area contributed by atoms with Gasteiger partial charge in [-0.3, -0.25) is 0 Å². The summed E-state index contributed by atoms with van der Waals surface area (Å²) in [6.45, 7) is 1.68. The van der Waals surface area contributed by atoms with E-state index in [4.69, 9.17) is 5.73 Å². The van der Waals surface area contributed by atoms with E-state index in [1.165, 1.54) is 18.2 Å². The lowest BCUT2D eigenvalue weighted by Gasteiger charge is -2.10. The second-order valence-electron chi connectivity index (χ2n) is 4.16. The van der Waals surface area contributed by atoms with Crippen molar-refractivity contribution in [1.29, 1.82) is 0 Å². The molecule has 5 heteroatoms. The number of para-hydroxylation sites is 1. The lowest BCUT2D eigenvalue weighted by Crippen LogP contribution is -2.07. The summed E-state index contributed by atoms with van der Waals surface area (Å²) in [4.78, 5) is 0. The van der Waals surface area contributed by atoms with Crippen molar-refractivity contribution in [2.75, 3.05) is 0 Å². The van der Waals surface area contributed by atoms with Crippen molar-refractivity contribution < 1.29 is 13.9 Å². The molecular formula is C14H14BrF2NO. The second kappa shape index (κ2) is 6.12. The topological polar surface area (TPSA) is 46.2 Å². The number of hydrogen-bond acceptors (Lipinski definition) is 2. The van der Waals surface area contributed by atoms with E-state index in [-0.39, 0.29) is 22.5 Å². The molecule has 2 nitrogen and oxygen atoms in total. The minimum absolute atomic E-state index is 0. The summed E-state index contributed by atoms with van der Waals surface area (Å²) in [5.41, 5.74) is 6.66. The Morgan fingerprint density at radius 1 is 1.11 bits per heavy atom. The van der Waals surface area contributed by atoms with Gasteiger partial charge >= 0.3 is 0 Å². The maximum absolute atomic E-state index is 13.8. The fourth-order valence-electron chi connectivity index (χ4n) is 1.81. The predicted molar refractivity (Wildman–Crippen MR) is 76.4 cm³/mol. The van der Waals surface area contributed by atoms with Gasteiger partial charge in [0.15, 0.2) is 11.6 Å². The highest BCUT2D eigenvalue weighted by atomic mass is 79.9. The molecule has 1 atom stereocenters. The lowest BCUT2D eigenvalue weighted by molar-refractivity contribution is 0.434. The van der Waals surface area contributed by atoms with E-state index in [0.29, 0.717) is 11.1 Å². The number of phenolic OH excluding ortho intramolecular Hbond substituents is 1. The highest BCUT2D eigenvalue weighted by Gasteiger charge is 2.12. The lowest BCUT2D eigenvalue weighted by atomic mass is 10.00. The van der Waals surface area contributed by atoms with Crippen LogP contribution in [0.15, 0.2) is 36.4 Å². The SMILES string of the molecule is Br.C[C@@H](N)c1ccc(-c2cccc(F)c2O)cc1F. The summed E-state index contributed by atoms with van der Waals surface area (Å²) in [6, 6.07) is 8.11. The van der Waals surface area contributed by atoms with Crippen molar-refractivity contribution in [3.8, 4) is 16.9 Å². The minimum atomic E-state index is -0.732. The average Bonchev–Trinajstić information content (AvgIpc) is 2.32. The van der Waals surface area contributed by atoms with E-state index in [2.05, 4.69) is 0 Å². The molecule has 2 aromatic rings. The van der Waals surface area contributed by atoms with E-state index in [9.17, 15) is 13.9 Å². The monoisotopic (exact) mass is 329 g/mol. The maximum atomic E-state index is 13.8. The normalized spacial score (nSPS) is 11.8. The number of halogens is 3. The fourth-order valence-corrected chi connectivity index (χ4v) is 1.81. The number of hydrogen-bond donors (Lipinski definition) is 2. The Labute approximate surface area is 120 Å². The zero-order valence-electron chi connectivity index (χ0n) is 10.2. The molecule has 102 valence electrons. The van der Waals surface area contributed by atoms with Crippen molar-refractivity contribution in [1.82, 2.24) is 0 Å². The molecule has 19 heavy (non-hydrogen) atoms. The van der Waals surface area contributed by atoms with Crippen LogP contribution in [-0.4, -0.2) is 5.11 Å². The highest BCUT2D eigenvalue weighted by Crippen LogP contribution is 2.32. The first-order valence-corrected chi connectivity index (χ1v) is 5.53. The highest BCUT2D eigenvalue weighted by molar-refractivity contribution is 8.93. The standard InChI is InChI=1S/C14H13F2NO.BrH/c1-8(17)10-6-5-9(7-13(10)16)11-3-2-4-12(15)14(11)18;/h2-8,18H,17H2,1H3;1H/t8-;/m1./s1. The van der Waals surface area contributed by atoms with Gasteiger partial charge in [0, 0.05) is 17.2 Å². The van der Waals surface area contributed by atoms with Crippen LogP contribution in [0.25, 0.3) is 11.1 Å². The number of nitrogens with two attached hydrogens (primary N) is 1. The Kier molecular flexibility index (Phi) is 5.03. The van der Waals surface area contributed by atoms with Crippen molar-refractivity contribution in [2.45, 2.75) is 13.0 Å². The van der Waals surface area contributed by atoms with Gasteiger partial charge in [0.25, 0.3) is 0 Å². The number of benzene rings is 2. The molecule has 0 aromatic heterocycles. The molecule has 0 saturated carbocycles. The van der Waals surface area contributed by atoms with Crippen molar-refractivity contribution in [2.24, 2.45) is 5.73 Å². The predicted octanol–water partition coefficient (Wildman–Crippen LogP) is 3.94. The van der Waals surface area contributed by atoms with E-state index in [1.807, 2.05) is 0 Å². The maximum Gasteiger partial charge on any atom is 0.165 e. The molecule has 0 aliphatic heterocycles. The van der Waals surface area contributed by atoms with Crippen molar-refractivity contribution >= 4 is 17.0 Å². The summed E-state index contributed by atoms with van der Waals surface area (Å²) in [6.07, 6.45) is 0. The van der Waals surface area contributed by atoms with Gasteiger partial charge in [-0.15, -0.1) is 17.0 Å². The zero-order valence-corrected chi connectivity index (χ0v) is 11.9. The van der Waals surface area contributed by atoms with Gasteiger partial charge in [-0.05, 0) is 24.6 Å². The van der Waals surface area contributed by atoms with Crippen LogP contribution in [0.5, 0.6) is 5.75 Å². The molecule has 0 amide bonds. The summed E-state index contributed by atoms with van der Waals surface area (Å²) in [5.74, 6) is -1.68. The molecule has 0 aliphatic rings. The minimum Gasteiger partial charge on any atom is -0.504 e. The Morgan fingerprint density at radius 2 is 1.79 bits per heavy atom. The van der Waals surface area contributed by atoms with Crippen LogP contribution in [-0.2, 0) is 0 Å². The number of rotatable bonds is 2. The largest absolute Gasteiger partial charge is 0.504 e.